The maximum absolute atomic E-state index is 12.0. The number of hydrogen-bond donors (Lipinski definition) is 1. The topological polar surface area (TPSA) is 46.3 Å². The van der Waals surface area contributed by atoms with Gasteiger partial charge in [0.15, 0.2) is 0 Å². The van der Waals surface area contributed by atoms with Crippen LogP contribution >= 0.6 is 15.9 Å². The minimum atomic E-state index is -0.0211. The first-order valence-corrected chi connectivity index (χ1v) is 6.16. The molecule has 0 spiro atoms. The summed E-state index contributed by atoms with van der Waals surface area (Å²) in [5.41, 5.74) is 6.88. The fraction of sp³-hybridized carbons (Fsp3) is 0.417. The predicted octanol–water partition coefficient (Wildman–Crippen LogP) is 2.90. The molecule has 0 aliphatic carbocycles. The van der Waals surface area contributed by atoms with E-state index in [4.69, 9.17) is 5.73 Å². The van der Waals surface area contributed by atoms with Crippen molar-refractivity contribution < 1.29 is 4.79 Å². The van der Waals surface area contributed by atoms with Crippen LogP contribution < -0.4 is 5.73 Å². The van der Waals surface area contributed by atoms with E-state index in [0.29, 0.717) is 11.3 Å². The average Bonchev–Trinajstić information content (AvgIpc) is 2.28. The van der Waals surface area contributed by atoms with Crippen LogP contribution in [0.5, 0.6) is 0 Å². The van der Waals surface area contributed by atoms with Crippen LogP contribution in [0.15, 0.2) is 22.7 Å². The molecule has 1 rings (SSSR count). The highest BCUT2D eigenvalue weighted by molar-refractivity contribution is 9.10. The zero-order chi connectivity index (χ0) is 12.1. The van der Waals surface area contributed by atoms with E-state index in [2.05, 4.69) is 22.9 Å². The van der Waals surface area contributed by atoms with Gasteiger partial charge in [-0.25, -0.2) is 0 Å². The van der Waals surface area contributed by atoms with Crippen molar-refractivity contribution in [3.63, 3.8) is 0 Å². The number of amides is 1. The number of carbonyl (C=O) groups excluding carboxylic acids is 1. The van der Waals surface area contributed by atoms with Gasteiger partial charge in [-0.2, -0.15) is 0 Å². The molecule has 0 radical (unpaired) electrons. The molecule has 0 aliphatic heterocycles. The third-order valence-corrected chi connectivity index (χ3v) is 2.93. The Balaban J connectivity index is 2.83. The van der Waals surface area contributed by atoms with Crippen molar-refractivity contribution in [2.75, 3.05) is 19.3 Å². The molecule has 3 nitrogen and oxygen atoms in total. The summed E-state index contributed by atoms with van der Waals surface area (Å²) < 4.78 is 0.869. The highest BCUT2D eigenvalue weighted by atomic mass is 79.9. The number of benzene rings is 1. The first kappa shape index (κ1) is 13.0. The van der Waals surface area contributed by atoms with E-state index in [0.717, 1.165) is 23.9 Å². The Morgan fingerprint density at radius 2 is 2.19 bits per heavy atom. The van der Waals surface area contributed by atoms with Gasteiger partial charge in [0.25, 0.3) is 5.91 Å². The summed E-state index contributed by atoms with van der Waals surface area (Å²) >= 11 is 3.34. The number of anilines is 1. The number of unbranched alkanes of at least 4 members (excludes halogenated alkanes) is 1. The van der Waals surface area contributed by atoms with Crippen LogP contribution in [0.4, 0.5) is 5.69 Å². The van der Waals surface area contributed by atoms with Gasteiger partial charge in [-0.3, -0.25) is 4.79 Å². The van der Waals surface area contributed by atoms with Crippen LogP contribution in [-0.2, 0) is 0 Å². The van der Waals surface area contributed by atoms with E-state index in [1.165, 1.54) is 0 Å². The van der Waals surface area contributed by atoms with Crippen molar-refractivity contribution in [1.29, 1.82) is 0 Å². The van der Waals surface area contributed by atoms with Crippen LogP contribution in [0, 0.1) is 0 Å². The second-order valence-corrected chi connectivity index (χ2v) is 4.73. The van der Waals surface area contributed by atoms with Crippen molar-refractivity contribution in [2.24, 2.45) is 0 Å². The van der Waals surface area contributed by atoms with E-state index >= 15 is 0 Å². The maximum Gasteiger partial charge on any atom is 0.255 e. The fourth-order valence-electron chi connectivity index (χ4n) is 1.42. The number of nitrogens with zero attached hydrogens (tertiary/aromatic N) is 1. The predicted molar refractivity (Wildman–Crippen MR) is 70.4 cm³/mol. The second kappa shape index (κ2) is 5.89. The van der Waals surface area contributed by atoms with Gasteiger partial charge >= 0.3 is 0 Å². The first-order chi connectivity index (χ1) is 7.56. The molecule has 88 valence electrons. The molecule has 16 heavy (non-hydrogen) atoms. The molecular formula is C12H17BrN2O. The highest BCUT2D eigenvalue weighted by Gasteiger charge is 2.14. The minimum absolute atomic E-state index is 0.0211. The Kier molecular flexibility index (Phi) is 4.80. The average molecular weight is 285 g/mol. The van der Waals surface area contributed by atoms with Gasteiger partial charge in [-0.15, -0.1) is 0 Å². The molecular weight excluding hydrogens is 268 g/mol. The molecule has 0 atom stereocenters. The molecule has 0 saturated heterocycles. The SMILES string of the molecule is CCCCN(C)C(=O)c1cc(Br)ccc1N. The summed E-state index contributed by atoms with van der Waals surface area (Å²) in [7, 11) is 1.80. The van der Waals surface area contributed by atoms with Gasteiger partial charge in [0.2, 0.25) is 0 Å². The quantitative estimate of drug-likeness (QED) is 0.865. The summed E-state index contributed by atoms with van der Waals surface area (Å²) in [6.45, 7) is 2.87. The molecule has 1 amide bonds. The molecule has 2 N–H and O–H groups in total. The third kappa shape index (κ3) is 3.23. The second-order valence-electron chi connectivity index (χ2n) is 3.81. The monoisotopic (exact) mass is 284 g/mol. The summed E-state index contributed by atoms with van der Waals surface area (Å²) in [6, 6.07) is 5.34. The van der Waals surface area contributed by atoms with Crippen LogP contribution in [-0.4, -0.2) is 24.4 Å². The van der Waals surface area contributed by atoms with Crippen molar-refractivity contribution in [3.8, 4) is 0 Å². The van der Waals surface area contributed by atoms with Gasteiger partial charge in [0.05, 0.1) is 5.56 Å². The minimum Gasteiger partial charge on any atom is -0.398 e. The molecule has 4 heteroatoms. The number of halogens is 1. The first-order valence-electron chi connectivity index (χ1n) is 5.36. The Hall–Kier alpha value is -1.03. The molecule has 0 aliphatic rings. The largest absolute Gasteiger partial charge is 0.398 e. The third-order valence-electron chi connectivity index (χ3n) is 2.44. The molecule has 0 aromatic heterocycles. The van der Waals surface area contributed by atoms with Gasteiger partial charge in [0.1, 0.15) is 0 Å². The van der Waals surface area contributed by atoms with Gasteiger partial charge < -0.3 is 10.6 Å². The Morgan fingerprint density at radius 3 is 2.81 bits per heavy atom. The molecule has 0 heterocycles. The van der Waals surface area contributed by atoms with E-state index in [1.807, 2.05) is 6.07 Å². The van der Waals surface area contributed by atoms with E-state index < -0.39 is 0 Å². The van der Waals surface area contributed by atoms with Crippen molar-refractivity contribution in [1.82, 2.24) is 4.90 Å². The maximum atomic E-state index is 12.0. The van der Waals surface area contributed by atoms with Crippen molar-refractivity contribution >= 4 is 27.5 Å². The lowest BCUT2D eigenvalue weighted by atomic mass is 10.1. The normalized spacial score (nSPS) is 10.2. The summed E-state index contributed by atoms with van der Waals surface area (Å²) in [4.78, 5) is 13.8. The lowest BCUT2D eigenvalue weighted by molar-refractivity contribution is 0.0794. The smallest absolute Gasteiger partial charge is 0.255 e. The molecule has 0 unspecified atom stereocenters. The number of rotatable bonds is 4. The number of nitrogens with two attached hydrogens (primary N) is 1. The van der Waals surface area contributed by atoms with Crippen LogP contribution in [0.25, 0.3) is 0 Å². The standard InChI is InChI=1S/C12H17BrN2O/c1-3-4-7-15(2)12(16)10-8-9(13)5-6-11(10)14/h5-6,8H,3-4,7,14H2,1-2H3. The van der Waals surface area contributed by atoms with Gasteiger partial charge in [-0.1, -0.05) is 29.3 Å². The highest BCUT2D eigenvalue weighted by Crippen LogP contribution is 2.19. The Labute approximate surface area is 105 Å². The van der Waals surface area contributed by atoms with Crippen molar-refractivity contribution in [3.05, 3.63) is 28.2 Å². The fourth-order valence-corrected chi connectivity index (χ4v) is 1.78. The van der Waals surface area contributed by atoms with E-state index in [-0.39, 0.29) is 5.91 Å². The Morgan fingerprint density at radius 1 is 1.50 bits per heavy atom. The lowest BCUT2D eigenvalue weighted by Crippen LogP contribution is -2.28. The lowest BCUT2D eigenvalue weighted by Gasteiger charge is -2.17. The van der Waals surface area contributed by atoms with Gasteiger partial charge in [0, 0.05) is 23.8 Å². The van der Waals surface area contributed by atoms with Gasteiger partial charge in [-0.05, 0) is 24.6 Å². The molecule has 0 bridgehead atoms. The number of carbonyl (C=O) groups is 1. The number of nitrogen functional groups attached to an aromatic ring is 1. The molecule has 1 aromatic rings. The van der Waals surface area contributed by atoms with Crippen molar-refractivity contribution in [2.45, 2.75) is 19.8 Å². The summed E-state index contributed by atoms with van der Waals surface area (Å²) in [5.74, 6) is -0.0211. The zero-order valence-corrected chi connectivity index (χ0v) is 11.3. The van der Waals surface area contributed by atoms with Crippen LogP contribution in [0.3, 0.4) is 0 Å². The summed E-state index contributed by atoms with van der Waals surface area (Å²) in [6.07, 6.45) is 2.09. The molecule has 0 fully saturated rings. The molecule has 0 saturated carbocycles. The summed E-state index contributed by atoms with van der Waals surface area (Å²) in [5, 5.41) is 0. The number of hydrogen-bond acceptors (Lipinski definition) is 2. The Bertz CT molecular complexity index is 379. The van der Waals surface area contributed by atoms with E-state index in [9.17, 15) is 4.79 Å². The van der Waals surface area contributed by atoms with E-state index in [1.54, 1.807) is 24.1 Å². The van der Waals surface area contributed by atoms with Crippen LogP contribution in [0.1, 0.15) is 30.1 Å². The van der Waals surface area contributed by atoms with Crippen LogP contribution in [0.2, 0.25) is 0 Å². The molecule has 1 aromatic carbocycles. The zero-order valence-electron chi connectivity index (χ0n) is 9.66.